The maximum Gasteiger partial charge on any atom is 0.256 e. The van der Waals surface area contributed by atoms with Crippen molar-refractivity contribution in [1.82, 2.24) is 0 Å². The van der Waals surface area contributed by atoms with Crippen LogP contribution in [0.15, 0.2) is 42.5 Å². The minimum absolute atomic E-state index is 0.163. The molecule has 4 heteroatoms. The average Bonchev–Trinajstić information content (AvgIpc) is 2.79. The molecule has 2 aromatic rings. The third kappa shape index (κ3) is 2.84. The highest BCUT2D eigenvalue weighted by atomic mass is 16.2. The molecule has 1 N–H and O–H groups in total. The molecule has 4 nitrogen and oxygen atoms in total. The lowest BCUT2D eigenvalue weighted by Crippen LogP contribution is -2.35. The van der Waals surface area contributed by atoms with Crippen LogP contribution in [0.1, 0.15) is 23.1 Å². The summed E-state index contributed by atoms with van der Waals surface area (Å²) in [5.41, 5.74) is 4.80. The van der Waals surface area contributed by atoms with Crippen molar-refractivity contribution in [3.63, 3.8) is 0 Å². The minimum Gasteiger partial charge on any atom is -0.373 e. The summed E-state index contributed by atoms with van der Waals surface area (Å²) in [5.74, 6) is -0.356. The Balaban J connectivity index is 1.85. The van der Waals surface area contributed by atoms with Crippen molar-refractivity contribution in [1.29, 1.82) is 0 Å². The maximum atomic E-state index is 12.7. The summed E-state index contributed by atoms with van der Waals surface area (Å²) in [6.07, 6.45) is 0.181. The zero-order valence-corrected chi connectivity index (χ0v) is 13.6. The Hall–Kier alpha value is -2.62. The first-order valence-corrected chi connectivity index (χ1v) is 7.73. The molecular weight excluding hydrogens is 288 g/mol. The predicted molar refractivity (Wildman–Crippen MR) is 91.6 cm³/mol. The smallest absolute Gasteiger partial charge is 0.256 e. The van der Waals surface area contributed by atoms with Crippen LogP contribution in [0.5, 0.6) is 0 Å². The van der Waals surface area contributed by atoms with Crippen molar-refractivity contribution in [3.8, 4) is 0 Å². The highest BCUT2D eigenvalue weighted by Crippen LogP contribution is 2.27. The number of carbonyl (C=O) groups is 2. The molecule has 0 aliphatic carbocycles. The molecule has 1 aliphatic heterocycles. The van der Waals surface area contributed by atoms with Gasteiger partial charge in [0.1, 0.15) is 6.04 Å². The zero-order valence-electron chi connectivity index (χ0n) is 13.6. The van der Waals surface area contributed by atoms with E-state index in [9.17, 15) is 9.59 Å². The quantitative estimate of drug-likeness (QED) is 0.885. The van der Waals surface area contributed by atoms with E-state index in [2.05, 4.69) is 5.32 Å². The Kier molecular flexibility index (Phi) is 3.90. The van der Waals surface area contributed by atoms with Crippen LogP contribution in [0, 0.1) is 20.8 Å². The van der Waals surface area contributed by atoms with Gasteiger partial charge in [0.15, 0.2) is 0 Å². The van der Waals surface area contributed by atoms with E-state index in [0.717, 1.165) is 22.4 Å². The van der Waals surface area contributed by atoms with Crippen LogP contribution in [0.3, 0.4) is 0 Å². The largest absolute Gasteiger partial charge is 0.373 e. The molecule has 0 saturated carbocycles. The molecule has 0 spiro atoms. The van der Waals surface area contributed by atoms with Gasteiger partial charge >= 0.3 is 0 Å². The maximum absolute atomic E-state index is 12.7. The Morgan fingerprint density at radius 3 is 2.39 bits per heavy atom. The van der Waals surface area contributed by atoms with Crippen LogP contribution in [-0.2, 0) is 9.59 Å². The van der Waals surface area contributed by atoms with E-state index in [0.29, 0.717) is 5.69 Å². The summed E-state index contributed by atoms with van der Waals surface area (Å²) in [4.78, 5) is 26.3. The number of anilines is 2. The third-order valence-electron chi connectivity index (χ3n) is 4.37. The molecule has 3 rings (SSSR count). The van der Waals surface area contributed by atoms with Gasteiger partial charge in [-0.2, -0.15) is 0 Å². The van der Waals surface area contributed by atoms with Gasteiger partial charge in [-0.05, 0) is 55.7 Å². The number of hydrogen-bond donors (Lipinski definition) is 1. The standard InChI is InChI=1S/C19H20N2O2/c1-12-8-9-15(10-14(12)3)21-18(22)11-17(19(21)23)20-16-7-5-4-6-13(16)2/h4-10,17,20H,11H2,1-3H3. The van der Waals surface area contributed by atoms with Gasteiger partial charge in [-0.25, -0.2) is 4.90 Å². The number of aryl methyl sites for hydroxylation is 3. The molecule has 0 radical (unpaired) electrons. The van der Waals surface area contributed by atoms with Crippen LogP contribution < -0.4 is 10.2 Å². The van der Waals surface area contributed by atoms with Gasteiger partial charge in [0.25, 0.3) is 5.91 Å². The number of nitrogens with zero attached hydrogens (tertiary/aromatic N) is 1. The molecule has 0 bridgehead atoms. The van der Waals surface area contributed by atoms with Gasteiger partial charge in [-0.15, -0.1) is 0 Å². The molecule has 118 valence electrons. The van der Waals surface area contributed by atoms with Crippen molar-refractivity contribution in [2.24, 2.45) is 0 Å². The molecule has 1 heterocycles. The van der Waals surface area contributed by atoms with E-state index in [1.165, 1.54) is 4.90 Å². The first kappa shape index (κ1) is 15.3. The molecule has 23 heavy (non-hydrogen) atoms. The lowest BCUT2D eigenvalue weighted by molar-refractivity contribution is -0.121. The second kappa shape index (κ2) is 5.88. The summed E-state index contributed by atoms with van der Waals surface area (Å²) in [5, 5.41) is 3.20. The van der Waals surface area contributed by atoms with Crippen LogP contribution in [0.4, 0.5) is 11.4 Å². The van der Waals surface area contributed by atoms with Gasteiger partial charge in [-0.1, -0.05) is 24.3 Å². The topological polar surface area (TPSA) is 49.4 Å². The van der Waals surface area contributed by atoms with Crippen molar-refractivity contribution >= 4 is 23.2 Å². The second-order valence-corrected chi connectivity index (χ2v) is 6.05. The van der Waals surface area contributed by atoms with Gasteiger partial charge in [0.05, 0.1) is 12.1 Å². The molecule has 2 amide bonds. The number of rotatable bonds is 3. The van der Waals surface area contributed by atoms with E-state index in [4.69, 9.17) is 0 Å². The van der Waals surface area contributed by atoms with Gasteiger partial charge in [0.2, 0.25) is 5.91 Å². The van der Waals surface area contributed by atoms with Crippen molar-refractivity contribution in [2.45, 2.75) is 33.2 Å². The summed E-state index contributed by atoms with van der Waals surface area (Å²) in [6, 6.07) is 12.9. The van der Waals surface area contributed by atoms with Crippen molar-refractivity contribution in [3.05, 3.63) is 59.2 Å². The van der Waals surface area contributed by atoms with E-state index >= 15 is 0 Å². The molecule has 1 saturated heterocycles. The fraction of sp³-hybridized carbons (Fsp3) is 0.263. The van der Waals surface area contributed by atoms with Gasteiger partial charge in [-0.3, -0.25) is 9.59 Å². The summed E-state index contributed by atoms with van der Waals surface area (Å²) >= 11 is 0. The molecule has 1 atom stereocenters. The minimum atomic E-state index is -0.509. The monoisotopic (exact) mass is 308 g/mol. The van der Waals surface area contributed by atoms with Crippen molar-refractivity contribution < 1.29 is 9.59 Å². The fourth-order valence-corrected chi connectivity index (χ4v) is 2.80. The first-order valence-electron chi connectivity index (χ1n) is 7.73. The third-order valence-corrected chi connectivity index (χ3v) is 4.37. The van der Waals surface area contributed by atoms with E-state index < -0.39 is 6.04 Å². The highest BCUT2D eigenvalue weighted by Gasteiger charge is 2.39. The number of amides is 2. The normalized spacial score (nSPS) is 17.7. The van der Waals surface area contributed by atoms with Crippen molar-refractivity contribution in [2.75, 3.05) is 10.2 Å². The Labute approximate surface area is 136 Å². The second-order valence-electron chi connectivity index (χ2n) is 6.05. The summed E-state index contributed by atoms with van der Waals surface area (Å²) < 4.78 is 0. The molecule has 1 aliphatic rings. The number of imide groups is 1. The number of nitrogens with one attached hydrogen (secondary N) is 1. The molecule has 0 aromatic heterocycles. The first-order chi connectivity index (χ1) is 11.0. The Morgan fingerprint density at radius 2 is 1.70 bits per heavy atom. The molecule has 2 aromatic carbocycles. The van der Waals surface area contributed by atoms with E-state index in [1.54, 1.807) is 0 Å². The lowest BCUT2D eigenvalue weighted by atomic mass is 10.1. The van der Waals surface area contributed by atoms with E-state index in [-0.39, 0.29) is 18.2 Å². The number of para-hydroxylation sites is 1. The average molecular weight is 308 g/mol. The summed E-state index contributed by atoms with van der Waals surface area (Å²) in [6.45, 7) is 5.97. The molecule has 1 fully saturated rings. The van der Waals surface area contributed by atoms with Gasteiger partial charge < -0.3 is 5.32 Å². The number of benzene rings is 2. The predicted octanol–water partition coefficient (Wildman–Crippen LogP) is 3.36. The zero-order chi connectivity index (χ0) is 16.6. The van der Waals surface area contributed by atoms with Crippen LogP contribution in [0.25, 0.3) is 0 Å². The van der Waals surface area contributed by atoms with Gasteiger partial charge in [0, 0.05) is 5.69 Å². The van der Waals surface area contributed by atoms with E-state index in [1.807, 2.05) is 63.2 Å². The Bertz CT molecular complexity index is 783. The van der Waals surface area contributed by atoms with Crippen LogP contribution in [0.2, 0.25) is 0 Å². The number of hydrogen-bond acceptors (Lipinski definition) is 3. The fourth-order valence-electron chi connectivity index (χ4n) is 2.80. The lowest BCUT2D eigenvalue weighted by Gasteiger charge is -2.18. The Morgan fingerprint density at radius 1 is 0.957 bits per heavy atom. The van der Waals surface area contributed by atoms with Crippen LogP contribution in [-0.4, -0.2) is 17.9 Å². The highest BCUT2D eigenvalue weighted by molar-refractivity contribution is 6.23. The SMILES string of the molecule is Cc1ccc(N2C(=O)CC(Nc3ccccc3C)C2=O)cc1C. The molecule has 1 unspecified atom stereocenters. The summed E-state index contributed by atoms with van der Waals surface area (Å²) in [7, 11) is 0. The number of carbonyl (C=O) groups excluding carboxylic acids is 2. The molecular formula is C19H20N2O2. The van der Waals surface area contributed by atoms with Crippen LogP contribution >= 0.6 is 0 Å².